The summed E-state index contributed by atoms with van der Waals surface area (Å²) in [6.45, 7) is 2.35. The van der Waals surface area contributed by atoms with E-state index >= 15 is 0 Å². The zero-order valence-electron chi connectivity index (χ0n) is 13.1. The number of nitrogens with two attached hydrogens (primary N) is 1. The molecule has 1 saturated carbocycles. The lowest BCUT2D eigenvalue weighted by Crippen LogP contribution is -2.56. The molecule has 1 aromatic carbocycles. The Hall–Kier alpha value is -1.62. The van der Waals surface area contributed by atoms with Gasteiger partial charge in [-0.2, -0.15) is 0 Å². The van der Waals surface area contributed by atoms with Crippen LogP contribution in [0.15, 0.2) is 24.3 Å². The Balaban J connectivity index is 1.86. The molecule has 1 unspecified atom stereocenters. The number of nitrogens with one attached hydrogen (secondary N) is 1. The molecule has 22 heavy (non-hydrogen) atoms. The molecule has 0 aromatic heterocycles. The molecule has 1 amide bonds. The number of hydrogen-bond donors (Lipinski definition) is 2. The summed E-state index contributed by atoms with van der Waals surface area (Å²) in [5, 5.41) is 2.90. The molecule has 0 aliphatic heterocycles. The summed E-state index contributed by atoms with van der Waals surface area (Å²) in [5.74, 6) is 0.0363. The summed E-state index contributed by atoms with van der Waals surface area (Å²) in [6.07, 6.45) is 5.14. The summed E-state index contributed by atoms with van der Waals surface area (Å²) in [5.41, 5.74) is 5.46. The minimum Gasteiger partial charge on any atom is -0.489 e. The van der Waals surface area contributed by atoms with E-state index in [2.05, 4.69) is 5.32 Å². The van der Waals surface area contributed by atoms with Crippen molar-refractivity contribution in [1.29, 1.82) is 0 Å². The van der Waals surface area contributed by atoms with Gasteiger partial charge in [-0.25, -0.2) is 4.39 Å². The van der Waals surface area contributed by atoms with Gasteiger partial charge in [0, 0.05) is 6.07 Å². The standard InChI is InChI=1S/C17H25FN2O2/c1-2-14(22-15-8-6-7-13(18)11-15)12-20-16(21)17(19)9-4-3-5-10-17/h6-8,11,14H,2-5,9-10,12,19H2,1H3,(H,20,21). The largest absolute Gasteiger partial charge is 0.489 e. The number of halogens is 1. The third kappa shape index (κ3) is 4.44. The molecule has 4 nitrogen and oxygen atoms in total. The van der Waals surface area contributed by atoms with Gasteiger partial charge < -0.3 is 15.8 Å². The molecule has 1 aliphatic rings. The first-order valence-electron chi connectivity index (χ1n) is 8.03. The van der Waals surface area contributed by atoms with Crippen LogP contribution in [0.4, 0.5) is 4.39 Å². The maximum absolute atomic E-state index is 13.2. The minimum absolute atomic E-state index is 0.103. The number of benzene rings is 1. The quantitative estimate of drug-likeness (QED) is 0.849. The van der Waals surface area contributed by atoms with Crippen LogP contribution >= 0.6 is 0 Å². The predicted molar refractivity (Wildman–Crippen MR) is 84.1 cm³/mol. The molecule has 1 fully saturated rings. The van der Waals surface area contributed by atoms with E-state index in [-0.39, 0.29) is 17.8 Å². The Morgan fingerprint density at radius 3 is 2.77 bits per heavy atom. The molecule has 0 heterocycles. The van der Waals surface area contributed by atoms with Gasteiger partial charge in [0.25, 0.3) is 0 Å². The second kappa shape index (κ2) is 7.58. The van der Waals surface area contributed by atoms with Crippen LogP contribution in [-0.2, 0) is 4.79 Å². The second-order valence-corrected chi connectivity index (χ2v) is 6.03. The van der Waals surface area contributed by atoms with Crippen LogP contribution in [0.1, 0.15) is 45.4 Å². The molecule has 0 saturated heterocycles. The number of amides is 1. The van der Waals surface area contributed by atoms with Gasteiger partial charge in [-0.1, -0.05) is 32.3 Å². The molecule has 1 aromatic rings. The lowest BCUT2D eigenvalue weighted by Gasteiger charge is -2.32. The fourth-order valence-corrected chi connectivity index (χ4v) is 2.79. The van der Waals surface area contributed by atoms with E-state index in [1.165, 1.54) is 12.1 Å². The lowest BCUT2D eigenvalue weighted by molar-refractivity contribution is -0.127. The van der Waals surface area contributed by atoms with Gasteiger partial charge in [-0.3, -0.25) is 4.79 Å². The first kappa shape index (κ1) is 16.7. The van der Waals surface area contributed by atoms with Gasteiger partial charge in [-0.05, 0) is 31.4 Å². The first-order chi connectivity index (χ1) is 10.5. The monoisotopic (exact) mass is 308 g/mol. The van der Waals surface area contributed by atoms with Crippen molar-refractivity contribution in [2.45, 2.75) is 57.1 Å². The van der Waals surface area contributed by atoms with E-state index in [0.29, 0.717) is 18.7 Å². The van der Waals surface area contributed by atoms with Crippen LogP contribution in [0.3, 0.4) is 0 Å². The Labute approximate surface area is 131 Å². The highest BCUT2D eigenvalue weighted by atomic mass is 19.1. The van der Waals surface area contributed by atoms with Gasteiger partial charge in [0.1, 0.15) is 17.7 Å². The Morgan fingerprint density at radius 1 is 1.41 bits per heavy atom. The second-order valence-electron chi connectivity index (χ2n) is 6.03. The third-order valence-corrected chi connectivity index (χ3v) is 4.24. The number of ether oxygens (including phenoxy) is 1. The molecule has 3 N–H and O–H groups in total. The summed E-state index contributed by atoms with van der Waals surface area (Å²) in [4.78, 5) is 12.3. The Bertz CT molecular complexity index is 501. The smallest absolute Gasteiger partial charge is 0.240 e. The Kier molecular flexibility index (Phi) is 5.77. The number of rotatable bonds is 6. The zero-order chi connectivity index (χ0) is 16.0. The molecule has 1 atom stereocenters. The highest BCUT2D eigenvalue weighted by Gasteiger charge is 2.35. The normalized spacial score (nSPS) is 18.5. The fraction of sp³-hybridized carbons (Fsp3) is 0.588. The molecule has 0 spiro atoms. The van der Waals surface area contributed by atoms with Crippen molar-refractivity contribution in [1.82, 2.24) is 5.32 Å². The van der Waals surface area contributed by atoms with Crippen molar-refractivity contribution in [2.24, 2.45) is 5.73 Å². The SMILES string of the molecule is CCC(CNC(=O)C1(N)CCCCC1)Oc1cccc(F)c1. The molecule has 5 heteroatoms. The zero-order valence-corrected chi connectivity index (χ0v) is 13.1. The van der Waals surface area contributed by atoms with E-state index in [1.54, 1.807) is 12.1 Å². The minimum atomic E-state index is -0.741. The van der Waals surface area contributed by atoms with E-state index < -0.39 is 5.54 Å². The molecular weight excluding hydrogens is 283 g/mol. The maximum atomic E-state index is 13.2. The first-order valence-corrected chi connectivity index (χ1v) is 8.03. The van der Waals surface area contributed by atoms with Crippen LogP contribution in [0, 0.1) is 5.82 Å². The van der Waals surface area contributed by atoms with Crippen molar-refractivity contribution < 1.29 is 13.9 Å². The molecule has 0 radical (unpaired) electrons. The molecule has 122 valence electrons. The van der Waals surface area contributed by atoms with Crippen LogP contribution < -0.4 is 15.8 Å². The van der Waals surface area contributed by atoms with Crippen molar-refractivity contribution >= 4 is 5.91 Å². The highest BCUT2D eigenvalue weighted by Crippen LogP contribution is 2.26. The van der Waals surface area contributed by atoms with E-state index in [4.69, 9.17) is 10.5 Å². The third-order valence-electron chi connectivity index (χ3n) is 4.24. The number of carbonyl (C=O) groups is 1. The summed E-state index contributed by atoms with van der Waals surface area (Å²) >= 11 is 0. The van der Waals surface area contributed by atoms with Crippen molar-refractivity contribution in [3.05, 3.63) is 30.1 Å². The Morgan fingerprint density at radius 2 is 2.14 bits per heavy atom. The van der Waals surface area contributed by atoms with E-state index in [9.17, 15) is 9.18 Å². The topological polar surface area (TPSA) is 64.4 Å². The van der Waals surface area contributed by atoms with Gasteiger partial charge in [0.15, 0.2) is 0 Å². The number of carbonyl (C=O) groups excluding carboxylic acids is 1. The van der Waals surface area contributed by atoms with Crippen LogP contribution in [0.2, 0.25) is 0 Å². The molecule has 2 rings (SSSR count). The van der Waals surface area contributed by atoms with E-state index in [0.717, 1.165) is 32.1 Å². The van der Waals surface area contributed by atoms with Gasteiger partial charge >= 0.3 is 0 Å². The average molecular weight is 308 g/mol. The van der Waals surface area contributed by atoms with Gasteiger partial charge in [-0.15, -0.1) is 0 Å². The lowest BCUT2D eigenvalue weighted by atomic mass is 9.82. The molecule has 0 bridgehead atoms. The van der Waals surface area contributed by atoms with Crippen LogP contribution in [-0.4, -0.2) is 24.1 Å². The highest BCUT2D eigenvalue weighted by molar-refractivity contribution is 5.86. The average Bonchev–Trinajstić information content (AvgIpc) is 2.51. The van der Waals surface area contributed by atoms with Crippen LogP contribution in [0.5, 0.6) is 5.75 Å². The summed E-state index contributed by atoms with van der Waals surface area (Å²) in [7, 11) is 0. The molecular formula is C17H25FN2O2. The predicted octanol–water partition coefficient (Wildman–Crippen LogP) is 2.76. The van der Waals surface area contributed by atoms with Gasteiger partial charge in [0.2, 0.25) is 5.91 Å². The fourth-order valence-electron chi connectivity index (χ4n) is 2.79. The summed E-state index contributed by atoms with van der Waals surface area (Å²) < 4.78 is 18.9. The van der Waals surface area contributed by atoms with Gasteiger partial charge in [0.05, 0.1) is 12.1 Å². The summed E-state index contributed by atoms with van der Waals surface area (Å²) in [6, 6.07) is 6.03. The van der Waals surface area contributed by atoms with Crippen molar-refractivity contribution in [2.75, 3.05) is 6.54 Å². The van der Waals surface area contributed by atoms with E-state index in [1.807, 2.05) is 6.92 Å². The molecule has 1 aliphatic carbocycles. The van der Waals surface area contributed by atoms with Crippen molar-refractivity contribution in [3.63, 3.8) is 0 Å². The van der Waals surface area contributed by atoms with Crippen LogP contribution in [0.25, 0.3) is 0 Å². The maximum Gasteiger partial charge on any atom is 0.240 e. The number of hydrogen-bond acceptors (Lipinski definition) is 3. The van der Waals surface area contributed by atoms with Crippen molar-refractivity contribution in [3.8, 4) is 5.75 Å².